The summed E-state index contributed by atoms with van der Waals surface area (Å²) in [4.78, 5) is 9.41. The summed E-state index contributed by atoms with van der Waals surface area (Å²) in [6.07, 6.45) is 2.81. The standard InChI is InChI=1S/C22H34N4O2.HI/c1-22(2)19(16-8-7-15-28-20(16)22)24-21(23-3)26-13-11-25(12-14-26)17-9-5-6-10-18(17)27-4;/h5-6,9-10,16,19-20H,7-8,11-15H2,1-4H3,(H,23,24);1H. The minimum Gasteiger partial charge on any atom is -0.495 e. The predicted octanol–water partition coefficient (Wildman–Crippen LogP) is 3.21. The fourth-order valence-electron chi connectivity index (χ4n) is 5.30. The molecule has 3 fully saturated rings. The molecule has 6 nitrogen and oxygen atoms in total. The quantitative estimate of drug-likeness (QED) is 0.382. The first kappa shape index (κ1) is 22.5. The van der Waals surface area contributed by atoms with Crippen molar-refractivity contribution in [2.24, 2.45) is 16.3 Å². The molecule has 3 atom stereocenters. The molecule has 3 aliphatic rings. The number of para-hydroxylation sites is 2. The van der Waals surface area contributed by atoms with Gasteiger partial charge in [-0.3, -0.25) is 4.99 Å². The number of methoxy groups -OCH3 is 1. The number of benzene rings is 1. The summed E-state index contributed by atoms with van der Waals surface area (Å²) in [6, 6.07) is 8.70. The Bertz CT molecular complexity index is 719. The number of aliphatic imine (C=N–C) groups is 1. The molecule has 4 rings (SSSR count). The Morgan fingerprint density at radius 2 is 1.93 bits per heavy atom. The number of rotatable bonds is 3. The SMILES string of the molecule is CN=C(NC1C2CCCOC2C1(C)C)N1CCN(c2ccccc2OC)CC1.I. The average molecular weight is 514 g/mol. The summed E-state index contributed by atoms with van der Waals surface area (Å²) in [6.45, 7) is 9.39. The first-order valence-corrected chi connectivity index (χ1v) is 10.5. The number of nitrogens with zero attached hydrogens (tertiary/aromatic N) is 3. The molecule has 2 aliphatic heterocycles. The van der Waals surface area contributed by atoms with E-state index in [0.29, 0.717) is 18.1 Å². The molecule has 0 bridgehead atoms. The van der Waals surface area contributed by atoms with Gasteiger partial charge in [-0.15, -0.1) is 24.0 Å². The van der Waals surface area contributed by atoms with Crippen molar-refractivity contribution in [2.45, 2.75) is 38.8 Å². The number of fused-ring (bicyclic) bond motifs is 1. The van der Waals surface area contributed by atoms with Gasteiger partial charge >= 0.3 is 0 Å². The molecule has 0 amide bonds. The highest BCUT2D eigenvalue weighted by Gasteiger charge is 2.58. The van der Waals surface area contributed by atoms with E-state index >= 15 is 0 Å². The van der Waals surface area contributed by atoms with E-state index in [1.165, 1.54) is 18.5 Å². The highest BCUT2D eigenvalue weighted by Crippen LogP contribution is 2.51. The van der Waals surface area contributed by atoms with Crippen LogP contribution in [0.15, 0.2) is 29.3 Å². The molecule has 1 N–H and O–H groups in total. The lowest BCUT2D eigenvalue weighted by Gasteiger charge is -2.60. The van der Waals surface area contributed by atoms with Crippen molar-refractivity contribution in [3.05, 3.63) is 24.3 Å². The van der Waals surface area contributed by atoms with Crippen molar-refractivity contribution in [3.63, 3.8) is 0 Å². The number of hydrogen-bond acceptors (Lipinski definition) is 4. The van der Waals surface area contributed by atoms with Crippen molar-refractivity contribution in [1.82, 2.24) is 10.2 Å². The number of nitrogens with one attached hydrogen (secondary N) is 1. The van der Waals surface area contributed by atoms with E-state index in [-0.39, 0.29) is 29.4 Å². The van der Waals surface area contributed by atoms with Crippen LogP contribution in [0.4, 0.5) is 5.69 Å². The van der Waals surface area contributed by atoms with Gasteiger partial charge in [-0.05, 0) is 25.0 Å². The molecule has 0 radical (unpaired) electrons. The molecule has 2 saturated heterocycles. The van der Waals surface area contributed by atoms with Crippen LogP contribution in [0.2, 0.25) is 0 Å². The van der Waals surface area contributed by atoms with Gasteiger partial charge in [-0.2, -0.15) is 0 Å². The maximum Gasteiger partial charge on any atom is 0.194 e. The zero-order valence-corrected chi connectivity index (χ0v) is 20.4. The topological polar surface area (TPSA) is 49.3 Å². The van der Waals surface area contributed by atoms with Gasteiger partial charge in [0.25, 0.3) is 0 Å². The van der Waals surface area contributed by atoms with E-state index in [4.69, 9.17) is 9.47 Å². The Morgan fingerprint density at radius 1 is 1.21 bits per heavy atom. The van der Waals surface area contributed by atoms with Crippen molar-refractivity contribution < 1.29 is 9.47 Å². The fourth-order valence-corrected chi connectivity index (χ4v) is 5.30. The molecule has 1 aromatic carbocycles. The van der Waals surface area contributed by atoms with Crippen LogP contribution >= 0.6 is 24.0 Å². The second-order valence-electron chi connectivity index (χ2n) is 8.73. The van der Waals surface area contributed by atoms with Crippen LogP contribution in [0.25, 0.3) is 0 Å². The molecule has 2 heterocycles. The van der Waals surface area contributed by atoms with E-state index < -0.39 is 0 Å². The molecule has 0 spiro atoms. The van der Waals surface area contributed by atoms with Crippen molar-refractivity contribution in [1.29, 1.82) is 0 Å². The largest absolute Gasteiger partial charge is 0.495 e. The predicted molar refractivity (Wildman–Crippen MR) is 129 cm³/mol. The average Bonchev–Trinajstić information content (AvgIpc) is 2.74. The van der Waals surface area contributed by atoms with E-state index in [9.17, 15) is 0 Å². The summed E-state index contributed by atoms with van der Waals surface area (Å²) in [7, 11) is 3.64. The molecule has 0 aromatic heterocycles. The Morgan fingerprint density at radius 3 is 2.62 bits per heavy atom. The molecule has 1 aliphatic carbocycles. The van der Waals surface area contributed by atoms with E-state index in [2.05, 4.69) is 46.1 Å². The van der Waals surface area contributed by atoms with E-state index in [1.807, 2.05) is 19.2 Å². The van der Waals surface area contributed by atoms with Crippen molar-refractivity contribution in [3.8, 4) is 5.75 Å². The minimum absolute atomic E-state index is 0. The second kappa shape index (κ2) is 9.29. The normalized spacial score (nSPS) is 28.7. The zero-order valence-electron chi connectivity index (χ0n) is 18.1. The molecular weight excluding hydrogens is 479 g/mol. The summed E-state index contributed by atoms with van der Waals surface area (Å²) < 4.78 is 11.6. The van der Waals surface area contributed by atoms with Gasteiger partial charge in [-0.1, -0.05) is 26.0 Å². The highest BCUT2D eigenvalue weighted by molar-refractivity contribution is 14.0. The molecular formula is C22H35IN4O2. The lowest BCUT2D eigenvalue weighted by Crippen LogP contribution is -2.71. The third-order valence-corrected chi connectivity index (χ3v) is 6.83. The smallest absolute Gasteiger partial charge is 0.194 e. The number of hydrogen-bond donors (Lipinski definition) is 1. The van der Waals surface area contributed by atoms with Crippen LogP contribution in [0.1, 0.15) is 26.7 Å². The number of piperazine rings is 1. The lowest BCUT2D eigenvalue weighted by molar-refractivity contribution is -0.188. The van der Waals surface area contributed by atoms with Crippen LogP contribution < -0.4 is 15.0 Å². The first-order valence-electron chi connectivity index (χ1n) is 10.5. The molecule has 3 unspecified atom stereocenters. The van der Waals surface area contributed by atoms with E-state index in [0.717, 1.165) is 44.5 Å². The Hall–Kier alpha value is -1.22. The van der Waals surface area contributed by atoms with Gasteiger partial charge in [0.15, 0.2) is 5.96 Å². The third-order valence-electron chi connectivity index (χ3n) is 6.83. The Balaban J connectivity index is 0.00000240. The zero-order chi connectivity index (χ0) is 19.7. The molecule has 29 heavy (non-hydrogen) atoms. The number of ether oxygens (including phenoxy) is 2. The highest BCUT2D eigenvalue weighted by atomic mass is 127. The van der Waals surface area contributed by atoms with Gasteiger partial charge in [0, 0.05) is 57.2 Å². The van der Waals surface area contributed by atoms with Gasteiger partial charge in [0.05, 0.1) is 18.9 Å². The molecule has 162 valence electrons. The molecule has 7 heteroatoms. The maximum atomic E-state index is 6.06. The molecule has 1 aromatic rings. The van der Waals surface area contributed by atoms with Crippen LogP contribution in [0, 0.1) is 11.3 Å². The number of anilines is 1. The summed E-state index contributed by atoms with van der Waals surface area (Å²) in [5.41, 5.74) is 1.33. The summed E-state index contributed by atoms with van der Waals surface area (Å²) >= 11 is 0. The van der Waals surface area contributed by atoms with Crippen molar-refractivity contribution in [2.75, 3.05) is 51.8 Å². The summed E-state index contributed by atoms with van der Waals surface area (Å²) in [5.74, 6) is 2.58. The number of guanidine groups is 1. The van der Waals surface area contributed by atoms with Crippen LogP contribution in [0.5, 0.6) is 5.75 Å². The maximum absolute atomic E-state index is 6.06. The molecule has 1 saturated carbocycles. The minimum atomic E-state index is 0. The van der Waals surface area contributed by atoms with Gasteiger partial charge in [0.2, 0.25) is 0 Å². The van der Waals surface area contributed by atoms with Gasteiger partial charge in [0.1, 0.15) is 5.75 Å². The number of halogens is 1. The van der Waals surface area contributed by atoms with Gasteiger partial charge < -0.3 is 24.6 Å². The Labute approximate surface area is 192 Å². The summed E-state index contributed by atoms with van der Waals surface area (Å²) in [5, 5.41) is 3.79. The third kappa shape index (κ3) is 4.17. The van der Waals surface area contributed by atoms with Crippen LogP contribution in [0.3, 0.4) is 0 Å². The van der Waals surface area contributed by atoms with Gasteiger partial charge in [-0.25, -0.2) is 0 Å². The Kier molecular flexibility index (Phi) is 7.19. The van der Waals surface area contributed by atoms with E-state index in [1.54, 1.807) is 7.11 Å². The van der Waals surface area contributed by atoms with Crippen LogP contribution in [-0.2, 0) is 4.74 Å². The van der Waals surface area contributed by atoms with Crippen molar-refractivity contribution >= 4 is 35.6 Å². The lowest BCUT2D eigenvalue weighted by atomic mass is 9.55. The fraction of sp³-hybridized carbons (Fsp3) is 0.682. The monoisotopic (exact) mass is 514 g/mol. The first-order chi connectivity index (χ1) is 13.6. The second-order valence-corrected chi connectivity index (χ2v) is 8.73. The van der Waals surface area contributed by atoms with Crippen LogP contribution in [-0.4, -0.2) is 69.9 Å².